The van der Waals surface area contributed by atoms with E-state index in [9.17, 15) is 0 Å². The molecule has 0 saturated heterocycles. The zero-order valence-corrected chi connectivity index (χ0v) is 11.8. The molecule has 0 amide bonds. The van der Waals surface area contributed by atoms with Crippen LogP contribution in [-0.4, -0.2) is 12.7 Å². The van der Waals surface area contributed by atoms with Crippen molar-refractivity contribution < 1.29 is 4.74 Å². The summed E-state index contributed by atoms with van der Waals surface area (Å²) in [5.74, 6) is 0. The van der Waals surface area contributed by atoms with Gasteiger partial charge in [0, 0.05) is 7.11 Å². The van der Waals surface area contributed by atoms with Crippen molar-refractivity contribution in [3.05, 3.63) is 65.8 Å². The van der Waals surface area contributed by atoms with Crippen LogP contribution >= 0.6 is 0 Å². The predicted molar refractivity (Wildman–Crippen MR) is 82.0 cm³/mol. The van der Waals surface area contributed by atoms with Gasteiger partial charge in [0.2, 0.25) is 0 Å². The standard InChI is InChI=1S/C18H22O/c1-3-4-12-18(19-2)13-10-17(11-14-18)15-16-8-6-5-7-9-16/h5-11,13-15H,3-4,12H2,1-2H3. The highest BCUT2D eigenvalue weighted by Gasteiger charge is 2.24. The summed E-state index contributed by atoms with van der Waals surface area (Å²) in [6, 6.07) is 10.4. The first kappa shape index (κ1) is 13.8. The molecule has 19 heavy (non-hydrogen) atoms. The molecule has 1 aliphatic carbocycles. The highest BCUT2D eigenvalue weighted by atomic mass is 16.5. The Morgan fingerprint density at radius 1 is 1.11 bits per heavy atom. The van der Waals surface area contributed by atoms with Gasteiger partial charge in [-0.15, -0.1) is 0 Å². The highest BCUT2D eigenvalue weighted by Crippen LogP contribution is 2.27. The lowest BCUT2D eigenvalue weighted by Crippen LogP contribution is -2.27. The van der Waals surface area contributed by atoms with Crippen LogP contribution in [0.4, 0.5) is 0 Å². The third kappa shape index (κ3) is 3.68. The molecule has 0 fully saturated rings. The fourth-order valence-electron chi connectivity index (χ4n) is 2.28. The molecule has 1 aliphatic rings. The molecule has 1 nitrogen and oxygen atoms in total. The van der Waals surface area contributed by atoms with Gasteiger partial charge >= 0.3 is 0 Å². The minimum Gasteiger partial charge on any atom is -0.370 e. The van der Waals surface area contributed by atoms with E-state index in [-0.39, 0.29) is 5.60 Å². The Hall–Kier alpha value is -1.60. The Morgan fingerprint density at radius 3 is 2.37 bits per heavy atom. The Kier molecular flexibility index (Phi) is 4.75. The molecule has 0 aliphatic heterocycles. The number of methoxy groups -OCH3 is 1. The van der Waals surface area contributed by atoms with Crippen molar-refractivity contribution >= 4 is 6.08 Å². The first-order chi connectivity index (χ1) is 9.28. The summed E-state index contributed by atoms with van der Waals surface area (Å²) < 4.78 is 5.68. The van der Waals surface area contributed by atoms with Gasteiger partial charge < -0.3 is 4.74 Å². The zero-order valence-electron chi connectivity index (χ0n) is 11.8. The van der Waals surface area contributed by atoms with E-state index in [1.54, 1.807) is 7.11 Å². The van der Waals surface area contributed by atoms with Crippen molar-refractivity contribution in [3.63, 3.8) is 0 Å². The van der Waals surface area contributed by atoms with Crippen molar-refractivity contribution in [1.82, 2.24) is 0 Å². The second-order valence-electron chi connectivity index (χ2n) is 4.98. The van der Waals surface area contributed by atoms with Crippen LogP contribution in [0.25, 0.3) is 6.08 Å². The first-order valence-corrected chi connectivity index (χ1v) is 6.98. The molecule has 0 spiro atoms. The van der Waals surface area contributed by atoms with Crippen molar-refractivity contribution in [2.45, 2.75) is 31.8 Å². The van der Waals surface area contributed by atoms with Gasteiger partial charge in [-0.3, -0.25) is 0 Å². The summed E-state index contributed by atoms with van der Waals surface area (Å²) in [4.78, 5) is 0. The molecule has 1 aromatic rings. The van der Waals surface area contributed by atoms with E-state index in [0.717, 1.165) is 6.42 Å². The quantitative estimate of drug-likeness (QED) is 0.735. The van der Waals surface area contributed by atoms with E-state index in [1.807, 2.05) is 6.07 Å². The normalized spacial score (nSPS) is 21.7. The Labute approximate surface area is 116 Å². The lowest BCUT2D eigenvalue weighted by atomic mass is 9.90. The molecule has 0 radical (unpaired) electrons. The lowest BCUT2D eigenvalue weighted by Gasteiger charge is -2.28. The van der Waals surface area contributed by atoms with Gasteiger partial charge in [0.1, 0.15) is 5.60 Å². The average molecular weight is 254 g/mol. The lowest BCUT2D eigenvalue weighted by molar-refractivity contribution is 0.0640. The number of hydrogen-bond donors (Lipinski definition) is 0. The van der Waals surface area contributed by atoms with Gasteiger partial charge in [-0.2, -0.15) is 0 Å². The largest absolute Gasteiger partial charge is 0.370 e. The van der Waals surface area contributed by atoms with Gasteiger partial charge in [0.25, 0.3) is 0 Å². The van der Waals surface area contributed by atoms with Crippen LogP contribution in [0.3, 0.4) is 0 Å². The smallest absolute Gasteiger partial charge is 0.105 e. The molecule has 100 valence electrons. The number of allylic oxidation sites excluding steroid dienone is 3. The third-order valence-electron chi connectivity index (χ3n) is 3.55. The second-order valence-corrected chi connectivity index (χ2v) is 4.98. The summed E-state index contributed by atoms with van der Waals surface area (Å²) in [6.07, 6.45) is 14.3. The van der Waals surface area contributed by atoms with Gasteiger partial charge in [-0.1, -0.05) is 62.2 Å². The van der Waals surface area contributed by atoms with E-state index in [1.165, 1.54) is 24.0 Å². The maximum atomic E-state index is 5.68. The third-order valence-corrected chi connectivity index (χ3v) is 3.55. The van der Waals surface area contributed by atoms with Crippen molar-refractivity contribution in [2.24, 2.45) is 0 Å². The number of rotatable bonds is 5. The number of unbranched alkanes of at least 4 members (excludes halogenated alkanes) is 1. The molecule has 0 saturated carbocycles. The van der Waals surface area contributed by atoms with Gasteiger partial charge in [-0.05, 0) is 35.8 Å². The van der Waals surface area contributed by atoms with E-state index in [0.29, 0.717) is 0 Å². The molecular formula is C18H22O. The van der Waals surface area contributed by atoms with E-state index < -0.39 is 0 Å². The van der Waals surface area contributed by atoms with Crippen LogP contribution < -0.4 is 0 Å². The molecule has 1 aromatic carbocycles. The first-order valence-electron chi connectivity index (χ1n) is 6.98. The Bertz CT molecular complexity index is 464. The van der Waals surface area contributed by atoms with Gasteiger partial charge in [-0.25, -0.2) is 0 Å². The molecule has 0 atom stereocenters. The van der Waals surface area contributed by atoms with Crippen molar-refractivity contribution in [1.29, 1.82) is 0 Å². The molecule has 0 aromatic heterocycles. The Morgan fingerprint density at radius 2 is 1.79 bits per heavy atom. The summed E-state index contributed by atoms with van der Waals surface area (Å²) in [5, 5.41) is 0. The highest BCUT2D eigenvalue weighted by molar-refractivity contribution is 5.61. The fourth-order valence-corrected chi connectivity index (χ4v) is 2.28. The minimum absolute atomic E-state index is 0.204. The summed E-state index contributed by atoms with van der Waals surface area (Å²) in [5.41, 5.74) is 2.24. The van der Waals surface area contributed by atoms with Crippen molar-refractivity contribution in [2.75, 3.05) is 7.11 Å². The molecule has 1 heteroatoms. The number of benzene rings is 1. The molecular weight excluding hydrogens is 232 g/mol. The van der Waals surface area contributed by atoms with Crippen LogP contribution in [0.1, 0.15) is 31.7 Å². The van der Waals surface area contributed by atoms with Gasteiger partial charge in [0.05, 0.1) is 0 Å². The topological polar surface area (TPSA) is 9.23 Å². The monoisotopic (exact) mass is 254 g/mol. The van der Waals surface area contributed by atoms with Gasteiger partial charge in [0.15, 0.2) is 0 Å². The minimum atomic E-state index is -0.204. The number of ether oxygens (including phenoxy) is 1. The summed E-state index contributed by atoms with van der Waals surface area (Å²) in [7, 11) is 1.79. The molecule has 0 N–H and O–H groups in total. The number of hydrogen-bond acceptors (Lipinski definition) is 1. The van der Waals surface area contributed by atoms with Crippen LogP contribution in [-0.2, 0) is 4.74 Å². The van der Waals surface area contributed by atoms with Crippen LogP contribution in [0.15, 0.2) is 60.2 Å². The fraction of sp³-hybridized carbons (Fsp3) is 0.333. The molecule has 2 rings (SSSR count). The van der Waals surface area contributed by atoms with Crippen LogP contribution in [0.5, 0.6) is 0 Å². The maximum absolute atomic E-state index is 5.68. The SMILES string of the molecule is CCCCC1(OC)C=CC(=Cc2ccccc2)C=C1. The van der Waals surface area contributed by atoms with E-state index in [4.69, 9.17) is 4.74 Å². The van der Waals surface area contributed by atoms with Crippen LogP contribution in [0, 0.1) is 0 Å². The molecule has 0 unspecified atom stereocenters. The Balaban J connectivity index is 2.11. The summed E-state index contributed by atoms with van der Waals surface area (Å²) in [6.45, 7) is 2.21. The zero-order chi connectivity index (χ0) is 13.6. The summed E-state index contributed by atoms with van der Waals surface area (Å²) >= 11 is 0. The maximum Gasteiger partial charge on any atom is 0.105 e. The average Bonchev–Trinajstić information content (AvgIpc) is 2.48. The van der Waals surface area contributed by atoms with E-state index in [2.05, 4.69) is 61.6 Å². The molecule has 0 heterocycles. The predicted octanol–water partition coefficient (Wildman–Crippen LogP) is 4.77. The van der Waals surface area contributed by atoms with E-state index >= 15 is 0 Å². The van der Waals surface area contributed by atoms with Crippen LogP contribution in [0.2, 0.25) is 0 Å². The van der Waals surface area contributed by atoms with Crippen molar-refractivity contribution in [3.8, 4) is 0 Å². The second kappa shape index (κ2) is 6.53. The molecule has 0 bridgehead atoms.